The minimum absolute atomic E-state index is 0.225. The monoisotopic (exact) mass is 506 g/mol. The number of carbonyl (C=O) groups excluding carboxylic acids is 1. The normalized spacial score (nSPS) is 12.4. The van der Waals surface area contributed by atoms with Gasteiger partial charge in [0, 0.05) is 24.6 Å². The predicted molar refractivity (Wildman–Crippen MR) is 127 cm³/mol. The van der Waals surface area contributed by atoms with Gasteiger partial charge in [-0.1, -0.05) is 30.3 Å². The van der Waals surface area contributed by atoms with E-state index in [0.29, 0.717) is 11.3 Å². The van der Waals surface area contributed by atoms with Gasteiger partial charge in [-0.15, -0.1) is 11.3 Å². The third kappa shape index (κ3) is 5.90. The summed E-state index contributed by atoms with van der Waals surface area (Å²) in [6, 6.07) is 8.44. The maximum atomic E-state index is 12.2. The van der Waals surface area contributed by atoms with E-state index in [4.69, 9.17) is 10.5 Å². The van der Waals surface area contributed by atoms with Crippen molar-refractivity contribution in [2.75, 3.05) is 24.7 Å². The largest absolute Gasteiger partial charge is 0.504 e. The number of hydrogen-bond acceptors (Lipinski definition) is 12. The number of aromatic nitrogens is 1. The molecule has 1 atom stereocenters. The maximum Gasteiger partial charge on any atom is 0.254 e. The number of hydrogen-bond donors (Lipinski definition) is 9. The van der Waals surface area contributed by atoms with Gasteiger partial charge in [0.05, 0.1) is 12.1 Å². The number of nitrogens with zero attached hydrogens (tertiary/aromatic N) is 1. The number of amides is 1. The number of nitrogens with two attached hydrogens (primary N) is 1. The lowest BCUT2D eigenvalue weighted by molar-refractivity contribution is -0.254. The van der Waals surface area contributed by atoms with Crippen LogP contribution in [-0.2, 0) is 22.4 Å². The van der Waals surface area contributed by atoms with Crippen molar-refractivity contribution >= 4 is 28.1 Å². The fourth-order valence-electron chi connectivity index (χ4n) is 3.48. The number of ether oxygens (including phenoxy) is 1. The van der Waals surface area contributed by atoms with Gasteiger partial charge in [0.2, 0.25) is 5.91 Å². The summed E-state index contributed by atoms with van der Waals surface area (Å²) in [4.78, 5) is 16.2. The lowest BCUT2D eigenvalue weighted by atomic mass is 10.0. The van der Waals surface area contributed by atoms with Crippen LogP contribution in [0.2, 0.25) is 0 Å². The number of anilines is 2. The second kappa shape index (κ2) is 10.8. The number of aromatic hydroxyl groups is 4. The third-order valence-corrected chi connectivity index (χ3v) is 5.86. The predicted octanol–water partition coefficient (Wildman–Crippen LogP) is 0.887. The van der Waals surface area contributed by atoms with Crippen molar-refractivity contribution in [3.05, 3.63) is 52.5 Å². The number of nitrogen functional groups attached to an aromatic ring is 1. The number of aliphatic hydroxyl groups is 2. The molecular formula is C22H26N4O8S. The first kappa shape index (κ1) is 26.0. The number of carbonyl (C=O) groups is 1. The topological polar surface area (TPSA) is 211 Å². The van der Waals surface area contributed by atoms with E-state index in [-0.39, 0.29) is 30.1 Å². The molecule has 0 bridgehead atoms. The second-order valence-corrected chi connectivity index (χ2v) is 8.47. The van der Waals surface area contributed by atoms with Crippen LogP contribution < -0.4 is 16.4 Å². The van der Waals surface area contributed by atoms with Crippen LogP contribution in [0.5, 0.6) is 23.0 Å². The molecule has 0 radical (unpaired) electrons. The Bertz CT molecular complexity index is 1160. The minimum atomic E-state index is -2.53. The molecule has 188 valence electrons. The van der Waals surface area contributed by atoms with E-state index >= 15 is 0 Å². The first-order chi connectivity index (χ1) is 16.5. The highest BCUT2D eigenvalue weighted by Gasteiger charge is 2.36. The quantitative estimate of drug-likeness (QED) is 0.107. The molecule has 1 amide bonds. The average molecular weight is 507 g/mol. The van der Waals surface area contributed by atoms with Crippen molar-refractivity contribution < 1.29 is 40.2 Å². The molecule has 3 aromatic rings. The van der Waals surface area contributed by atoms with Crippen LogP contribution in [0.15, 0.2) is 35.7 Å². The van der Waals surface area contributed by atoms with Gasteiger partial charge in [-0.2, -0.15) is 0 Å². The van der Waals surface area contributed by atoms with Gasteiger partial charge in [0.1, 0.15) is 5.69 Å². The fraction of sp³-hybridized carbons (Fsp3) is 0.273. The number of phenolic OH excluding ortho intramolecular Hbond substituents is 4. The molecule has 0 aliphatic heterocycles. The van der Waals surface area contributed by atoms with Crippen molar-refractivity contribution in [2.45, 2.75) is 24.9 Å². The molecule has 0 fully saturated rings. The summed E-state index contributed by atoms with van der Waals surface area (Å²) in [5, 5.41) is 68.8. The molecule has 1 aromatic heterocycles. The number of rotatable bonds is 10. The van der Waals surface area contributed by atoms with Crippen LogP contribution in [0.4, 0.5) is 10.8 Å². The van der Waals surface area contributed by atoms with Crippen LogP contribution in [0.25, 0.3) is 0 Å². The van der Waals surface area contributed by atoms with Gasteiger partial charge in [-0.05, 0) is 12.0 Å². The molecule has 0 aliphatic rings. The van der Waals surface area contributed by atoms with Gasteiger partial charge in [0.25, 0.3) is 5.91 Å². The van der Waals surface area contributed by atoms with Crippen molar-refractivity contribution in [2.24, 2.45) is 0 Å². The number of phenols is 4. The molecule has 1 unspecified atom stereocenters. The Hall–Kier alpha value is -3.62. The Morgan fingerprint density at radius 2 is 1.74 bits per heavy atom. The van der Waals surface area contributed by atoms with Crippen LogP contribution in [0.3, 0.4) is 0 Å². The molecule has 12 nitrogen and oxygen atoms in total. The second-order valence-electron chi connectivity index (χ2n) is 7.58. The van der Waals surface area contributed by atoms with Crippen molar-refractivity contribution in [1.82, 2.24) is 10.3 Å². The Labute approximate surface area is 203 Å². The van der Waals surface area contributed by atoms with Crippen molar-refractivity contribution in [3.63, 3.8) is 0 Å². The Balaban J connectivity index is 1.72. The Morgan fingerprint density at radius 3 is 2.29 bits per heavy atom. The molecule has 10 N–H and O–H groups in total. The lowest BCUT2D eigenvalue weighted by Gasteiger charge is -2.31. The molecular weight excluding hydrogens is 480 g/mol. The molecule has 2 aromatic carbocycles. The third-order valence-electron chi connectivity index (χ3n) is 5.13. The summed E-state index contributed by atoms with van der Waals surface area (Å²) in [6.45, 7) is -0.226. The molecule has 1 heterocycles. The van der Waals surface area contributed by atoms with Crippen LogP contribution in [0.1, 0.15) is 22.9 Å². The highest BCUT2D eigenvalue weighted by molar-refractivity contribution is 7.13. The van der Waals surface area contributed by atoms with Crippen LogP contribution in [-0.4, -0.2) is 61.1 Å². The summed E-state index contributed by atoms with van der Waals surface area (Å²) < 4.78 is 5.19. The first-order valence-electron chi connectivity index (χ1n) is 10.3. The van der Waals surface area contributed by atoms with Gasteiger partial charge in [0.15, 0.2) is 34.2 Å². The zero-order valence-corrected chi connectivity index (χ0v) is 19.4. The van der Waals surface area contributed by atoms with Gasteiger partial charge >= 0.3 is 0 Å². The van der Waals surface area contributed by atoms with E-state index in [1.54, 1.807) is 35.7 Å². The molecule has 3 rings (SSSR count). The fourth-order valence-corrected chi connectivity index (χ4v) is 4.04. The van der Waals surface area contributed by atoms with Crippen molar-refractivity contribution in [3.8, 4) is 23.0 Å². The molecule has 0 saturated heterocycles. The smallest absolute Gasteiger partial charge is 0.254 e. The van der Waals surface area contributed by atoms with Gasteiger partial charge in [-0.3, -0.25) is 10.1 Å². The summed E-state index contributed by atoms with van der Waals surface area (Å²) in [6.07, 6.45) is -1.64. The Kier molecular flexibility index (Phi) is 7.99. The number of methoxy groups -OCH3 is 1. The first-order valence-corrected chi connectivity index (χ1v) is 11.2. The molecule has 0 aliphatic carbocycles. The average Bonchev–Trinajstić information content (AvgIpc) is 3.23. The highest BCUT2D eigenvalue weighted by Crippen LogP contribution is 2.50. The molecule has 35 heavy (non-hydrogen) atoms. The van der Waals surface area contributed by atoms with Crippen LogP contribution >= 0.6 is 11.3 Å². The molecule has 0 saturated carbocycles. The highest BCUT2D eigenvalue weighted by atomic mass is 32.1. The summed E-state index contributed by atoms with van der Waals surface area (Å²) in [7, 11) is 1.30. The molecule has 0 spiro atoms. The van der Waals surface area contributed by atoms with E-state index in [9.17, 15) is 35.4 Å². The van der Waals surface area contributed by atoms with E-state index in [0.717, 1.165) is 11.3 Å². The SMILES string of the molecule is COC(c1ccccc1)C(O)(O)NCCc1c(O)c(O)c(NC(=O)Cc2csc(N)n2)c(O)c1O. The standard InChI is InChI=1S/C22H26N4O8S/c1-34-20(11-5-3-2-4-6-11)22(32,33)24-8-7-13-16(28)18(30)15(19(31)17(13)29)26-14(27)9-12-10-35-21(23)25-12/h2-6,10,20,24,28-33H,7-9H2,1H3,(H2,23,25)(H,26,27). The van der Waals surface area contributed by atoms with Gasteiger partial charge in [-0.25, -0.2) is 4.98 Å². The van der Waals surface area contributed by atoms with E-state index < -0.39 is 46.6 Å². The molecule has 13 heteroatoms. The number of nitrogens with one attached hydrogen (secondary N) is 2. The summed E-state index contributed by atoms with van der Waals surface area (Å²) >= 11 is 1.14. The zero-order valence-electron chi connectivity index (χ0n) is 18.6. The van der Waals surface area contributed by atoms with Gasteiger partial charge < -0.3 is 46.4 Å². The zero-order chi connectivity index (χ0) is 25.8. The minimum Gasteiger partial charge on any atom is -0.504 e. The lowest BCUT2D eigenvalue weighted by Crippen LogP contribution is -2.51. The van der Waals surface area contributed by atoms with E-state index in [1.165, 1.54) is 7.11 Å². The maximum absolute atomic E-state index is 12.2. The van der Waals surface area contributed by atoms with Crippen molar-refractivity contribution in [1.29, 1.82) is 0 Å². The Morgan fingerprint density at radius 1 is 1.11 bits per heavy atom. The summed E-state index contributed by atoms with van der Waals surface area (Å²) in [5.41, 5.74) is 5.48. The summed E-state index contributed by atoms with van der Waals surface area (Å²) in [5.74, 6) is -6.57. The van der Waals surface area contributed by atoms with E-state index in [1.807, 2.05) is 0 Å². The van der Waals surface area contributed by atoms with E-state index in [2.05, 4.69) is 15.6 Å². The number of thiazole rings is 1. The number of benzene rings is 2. The van der Waals surface area contributed by atoms with Crippen LogP contribution in [0, 0.1) is 0 Å².